The number of nitro benzene ring substituents is 1. The Hall–Kier alpha value is -3.73. The molecular weight excluding hydrogens is 442 g/mol. The van der Waals surface area contributed by atoms with Gasteiger partial charge in [0.2, 0.25) is 0 Å². The van der Waals surface area contributed by atoms with E-state index in [1.54, 1.807) is 19.1 Å². The van der Waals surface area contributed by atoms with Crippen molar-refractivity contribution < 1.29 is 9.72 Å². The first-order chi connectivity index (χ1) is 15.8. The van der Waals surface area contributed by atoms with E-state index in [9.17, 15) is 14.9 Å². The van der Waals surface area contributed by atoms with Crippen LogP contribution in [0.15, 0.2) is 58.8 Å². The highest BCUT2D eigenvalue weighted by atomic mass is 32.2. The lowest BCUT2D eigenvalue weighted by atomic mass is 10.1. The Morgan fingerprint density at radius 1 is 1.21 bits per heavy atom. The SMILES string of the molecule is C/C(=N/NC(=O)CSc1nnc([C@@H](C)Nc2ccccc2C)n1C)c1ccc([N+](=O)[O-])cc1. The van der Waals surface area contributed by atoms with Crippen molar-refractivity contribution in [2.45, 2.75) is 32.0 Å². The molecule has 0 aliphatic carbocycles. The molecule has 0 saturated carbocycles. The molecule has 10 nitrogen and oxygen atoms in total. The van der Waals surface area contributed by atoms with Gasteiger partial charge < -0.3 is 9.88 Å². The van der Waals surface area contributed by atoms with Gasteiger partial charge in [0, 0.05) is 24.9 Å². The number of carbonyl (C=O) groups excluding carboxylic acids is 1. The molecule has 0 radical (unpaired) electrons. The molecule has 1 aromatic heterocycles. The van der Waals surface area contributed by atoms with Crippen LogP contribution in [0.1, 0.15) is 36.8 Å². The van der Waals surface area contributed by atoms with Crippen molar-refractivity contribution in [2.24, 2.45) is 12.1 Å². The van der Waals surface area contributed by atoms with Crippen LogP contribution in [0.4, 0.5) is 11.4 Å². The number of carbonyl (C=O) groups is 1. The summed E-state index contributed by atoms with van der Waals surface area (Å²) in [4.78, 5) is 22.5. The molecule has 0 spiro atoms. The highest BCUT2D eigenvalue weighted by molar-refractivity contribution is 7.99. The lowest BCUT2D eigenvalue weighted by Crippen LogP contribution is -2.21. The standard InChI is InChI=1S/C22H25N7O3S/c1-14-7-5-6-8-19(14)23-16(3)21-26-27-22(28(21)4)33-13-20(30)25-24-15(2)17-9-11-18(12-10-17)29(31)32/h5-12,16,23H,13H2,1-4H3,(H,25,30)/b24-15-/t16-/m1/s1. The number of nitrogens with zero attached hydrogens (tertiary/aromatic N) is 5. The Morgan fingerprint density at radius 2 is 1.91 bits per heavy atom. The number of aryl methyl sites for hydroxylation is 1. The van der Waals surface area contributed by atoms with Crippen molar-refractivity contribution in [3.63, 3.8) is 0 Å². The maximum Gasteiger partial charge on any atom is 0.269 e. The number of thioether (sulfide) groups is 1. The predicted octanol–water partition coefficient (Wildman–Crippen LogP) is 3.84. The summed E-state index contributed by atoms with van der Waals surface area (Å²) in [5.41, 5.74) is 5.90. The van der Waals surface area contributed by atoms with Crippen LogP contribution in [0.3, 0.4) is 0 Å². The number of para-hydroxylation sites is 1. The molecule has 2 aromatic carbocycles. The average Bonchev–Trinajstić information content (AvgIpc) is 3.18. The molecule has 33 heavy (non-hydrogen) atoms. The summed E-state index contributed by atoms with van der Waals surface area (Å²) in [5.74, 6) is 0.577. The number of anilines is 1. The topological polar surface area (TPSA) is 127 Å². The zero-order valence-electron chi connectivity index (χ0n) is 18.8. The second-order valence-electron chi connectivity index (χ2n) is 7.41. The van der Waals surface area contributed by atoms with Gasteiger partial charge in [0.05, 0.1) is 22.4 Å². The van der Waals surface area contributed by atoms with E-state index >= 15 is 0 Å². The monoisotopic (exact) mass is 467 g/mol. The molecular formula is C22H25N7O3S. The molecule has 2 N–H and O–H groups in total. The maximum atomic E-state index is 12.2. The van der Waals surface area contributed by atoms with Crippen LogP contribution in [-0.4, -0.2) is 37.1 Å². The Labute approximate surface area is 195 Å². The molecule has 172 valence electrons. The van der Waals surface area contributed by atoms with Gasteiger partial charge in [-0.2, -0.15) is 5.10 Å². The highest BCUT2D eigenvalue weighted by Crippen LogP contribution is 2.23. The third-order valence-corrected chi connectivity index (χ3v) is 5.97. The van der Waals surface area contributed by atoms with Crippen molar-refractivity contribution in [1.82, 2.24) is 20.2 Å². The molecule has 3 aromatic rings. The van der Waals surface area contributed by atoms with Crippen molar-refractivity contribution in [3.8, 4) is 0 Å². The molecule has 0 bridgehead atoms. The number of nitro groups is 1. The first-order valence-corrected chi connectivity index (χ1v) is 11.2. The van der Waals surface area contributed by atoms with E-state index < -0.39 is 4.92 Å². The van der Waals surface area contributed by atoms with Gasteiger partial charge in [-0.05, 0) is 50.1 Å². The number of rotatable bonds is 9. The molecule has 3 rings (SSSR count). The van der Waals surface area contributed by atoms with Crippen LogP contribution >= 0.6 is 11.8 Å². The minimum atomic E-state index is -0.466. The fourth-order valence-electron chi connectivity index (χ4n) is 3.06. The quantitative estimate of drug-likeness (QED) is 0.212. The minimum Gasteiger partial charge on any atom is -0.375 e. The summed E-state index contributed by atoms with van der Waals surface area (Å²) in [5, 5.41) is 27.4. The van der Waals surface area contributed by atoms with Gasteiger partial charge >= 0.3 is 0 Å². The van der Waals surface area contributed by atoms with Gasteiger partial charge in [-0.25, -0.2) is 5.43 Å². The number of nitrogens with one attached hydrogen (secondary N) is 2. The maximum absolute atomic E-state index is 12.2. The Balaban J connectivity index is 1.55. The summed E-state index contributed by atoms with van der Waals surface area (Å²) < 4.78 is 1.86. The fraction of sp³-hybridized carbons (Fsp3) is 0.273. The summed E-state index contributed by atoms with van der Waals surface area (Å²) in [7, 11) is 1.86. The van der Waals surface area contributed by atoms with E-state index in [0.717, 1.165) is 17.1 Å². The molecule has 0 fully saturated rings. The van der Waals surface area contributed by atoms with Gasteiger partial charge in [-0.15, -0.1) is 10.2 Å². The van der Waals surface area contributed by atoms with Gasteiger partial charge in [-0.3, -0.25) is 14.9 Å². The molecule has 0 saturated heterocycles. The van der Waals surface area contributed by atoms with Crippen LogP contribution in [0.25, 0.3) is 0 Å². The summed E-state index contributed by atoms with van der Waals surface area (Å²) in [6.07, 6.45) is 0. The Kier molecular flexibility index (Phi) is 7.78. The average molecular weight is 468 g/mol. The first-order valence-electron chi connectivity index (χ1n) is 10.2. The van der Waals surface area contributed by atoms with E-state index in [1.807, 2.05) is 49.7 Å². The molecule has 0 unspecified atom stereocenters. The largest absolute Gasteiger partial charge is 0.375 e. The van der Waals surface area contributed by atoms with Crippen LogP contribution in [0.5, 0.6) is 0 Å². The van der Waals surface area contributed by atoms with E-state index in [1.165, 1.54) is 23.9 Å². The minimum absolute atomic E-state index is 0.00143. The van der Waals surface area contributed by atoms with Crippen LogP contribution in [0.2, 0.25) is 0 Å². The van der Waals surface area contributed by atoms with Gasteiger partial charge in [0.1, 0.15) is 0 Å². The predicted molar refractivity (Wildman–Crippen MR) is 128 cm³/mol. The number of aromatic nitrogens is 3. The molecule has 1 heterocycles. The molecule has 1 amide bonds. The zero-order valence-corrected chi connectivity index (χ0v) is 19.6. The van der Waals surface area contributed by atoms with Gasteiger partial charge in [0.25, 0.3) is 11.6 Å². The second kappa shape index (κ2) is 10.7. The van der Waals surface area contributed by atoms with Crippen molar-refractivity contribution in [1.29, 1.82) is 0 Å². The number of amides is 1. The molecule has 11 heteroatoms. The van der Waals surface area contributed by atoms with E-state index in [0.29, 0.717) is 16.4 Å². The van der Waals surface area contributed by atoms with E-state index in [4.69, 9.17) is 0 Å². The first kappa shape index (κ1) is 23.9. The van der Waals surface area contributed by atoms with Crippen molar-refractivity contribution in [2.75, 3.05) is 11.1 Å². The van der Waals surface area contributed by atoms with Crippen LogP contribution in [-0.2, 0) is 11.8 Å². The Bertz CT molecular complexity index is 1170. The normalized spacial score (nSPS) is 12.3. The number of non-ortho nitro benzene ring substituents is 1. The van der Waals surface area contributed by atoms with Crippen LogP contribution in [0, 0.1) is 17.0 Å². The summed E-state index contributed by atoms with van der Waals surface area (Å²) in [6, 6.07) is 13.9. The lowest BCUT2D eigenvalue weighted by molar-refractivity contribution is -0.384. The second-order valence-corrected chi connectivity index (χ2v) is 8.35. The third-order valence-electron chi connectivity index (χ3n) is 4.95. The van der Waals surface area contributed by atoms with E-state index in [2.05, 4.69) is 26.0 Å². The number of hydrogen-bond donors (Lipinski definition) is 2. The van der Waals surface area contributed by atoms with Gasteiger partial charge in [0.15, 0.2) is 11.0 Å². The molecule has 0 aliphatic heterocycles. The van der Waals surface area contributed by atoms with Crippen molar-refractivity contribution in [3.05, 3.63) is 75.6 Å². The summed E-state index contributed by atoms with van der Waals surface area (Å²) >= 11 is 1.26. The lowest BCUT2D eigenvalue weighted by Gasteiger charge is -2.16. The smallest absolute Gasteiger partial charge is 0.269 e. The molecule has 0 aliphatic rings. The number of hydrogen-bond acceptors (Lipinski definition) is 8. The summed E-state index contributed by atoms with van der Waals surface area (Å²) in [6.45, 7) is 5.76. The van der Waals surface area contributed by atoms with E-state index in [-0.39, 0.29) is 23.4 Å². The molecule has 1 atom stereocenters. The number of hydrazone groups is 1. The van der Waals surface area contributed by atoms with Crippen LogP contribution < -0.4 is 10.7 Å². The third kappa shape index (κ3) is 6.16. The van der Waals surface area contributed by atoms with Gasteiger partial charge in [-0.1, -0.05) is 30.0 Å². The Morgan fingerprint density at radius 3 is 2.58 bits per heavy atom. The number of benzene rings is 2. The zero-order chi connectivity index (χ0) is 24.0. The van der Waals surface area contributed by atoms with Crippen molar-refractivity contribution >= 4 is 34.8 Å². The fourth-order valence-corrected chi connectivity index (χ4v) is 3.77. The highest BCUT2D eigenvalue weighted by Gasteiger charge is 2.17.